The zero-order valence-electron chi connectivity index (χ0n) is 13.7. The summed E-state index contributed by atoms with van der Waals surface area (Å²) in [6, 6.07) is 8.51. The van der Waals surface area contributed by atoms with Gasteiger partial charge in [0.1, 0.15) is 10.8 Å². The molecule has 0 spiro atoms. The summed E-state index contributed by atoms with van der Waals surface area (Å²) < 4.78 is 5.29. The number of hydrogen-bond donors (Lipinski definition) is 1. The Morgan fingerprint density at radius 1 is 1.48 bits per heavy atom. The molecule has 4 nitrogen and oxygen atoms in total. The topological polar surface area (TPSA) is 45.6 Å². The molecule has 2 unspecified atom stereocenters. The third-order valence-corrected chi connectivity index (χ3v) is 5.29. The van der Waals surface area contributed by atoms with Crippen molar-refractivity contribution in [3.8, 4) is 16.3 Å². The largest absolute Gasteiger partial charge is 0.497 e. The molecule has 1 aromatic heterocycles. The fraction of sp³-hybridized carbons (Fsp3) is 0.500. The lowest BCUT2D eigenvalue weighted by Crippen LogP contribution is -2.31. The average molecular weight is 332 g/mol. The normalized spacial score (nSPS) is 19.9. The highest BCUT2D eigenvalue weighted by Gasteiger charge is 2.26. The summed E-state index contributed by atoms with van der Waals surface area (Å²) in [7, 11) is 1.68. The van der Waals surface area contributed by atoms with Gasteiger partial charge in [-0.1, -0.05) is 12.1 Å². The van der Waals surface area contributed by atoms with Gasteiger partial charge in [-0.3, -0.25) is 4.90 Å². The van der Waals surface area contributed by atoms with Crippen LogP contribution in [0.4, 0.5) is 0 Å². The molecule has 0 saturated carbocycles. The molecule has 0 aliphatic carbocycles. The Labute approximate surface area is 141 Å². The Hall–Kier alpha value is -1.43. The molecule has 2 aromatic rings. The molecular weight excluding hydrogens is 308 g/mol. The van der Waals surface area contributed by atoms with Crippen molar-refractivity contribution in [1.29, 1.82) is 0 Å². The molecule has 1 fully saturated rings. The number of aliphatic hydroxyl groups excluding tert-OH is 1. The maximum atomic E-state index is 9.65. The molecule has 1 aromatic carbocycles. The molecule has 124 valence electrons. The molecule has 1 saturated heterocycles. The zero-order chi connectivity index (χ0) is 16.2. The van der Waals surface area contributed by atoms with Crippen molar-refractivity contribution in [1.82, 2.24) is 9.88 Å². The van der Waals surface area contributed by atoms with Crippen molar-refractivity contribution in [2.75, 3.05) is 13.7 Å². The van der Waals surface area contributed by atoms with E-state index >= 15 is 0 Å². The van der Waals surface area contributed by atoms with Gasteiger partial charge in [0.25, 0.3) is 0 Å². The Morgan fingerprint density at radius 3 is 3.13 bits per heavy atom. The highest BCUT2D eigenvalue weighted by Crippen LogP contribution is 2.29. The standard InChI is InChI=1S/C18H24N2O2S/c1-13(21)9-16-6-4-8-20(16)11-15-12-23-18(19-15)14-5-3-7-17(10-14)22-2/h3,5,7,10,12-13,16,21H,4,6,8-9,11H2,1-2H3. The number of nitrogens with zero attached hydrogens (tertiary/aromatic N) is 2. The van der Waals surface area contributed by atoms with Crippen molar-refractivity contribution >= 4 is 11.3 Å². The van der Waals surface area contributed by atoms with E-state index in [1.54, 1.807) is 18.4 Å². The van der Waals surface area contributed by atoms with Crippen LogP contribution in [-0.4, -0.2) is 40.8 Å². The molecule has 3 rings (SSSR count). The van der Waals surface area contributed by atoms with Crippen molar-refractivity contribution in [2.45, 2.75) is 44.9 Å². The van der Waals surface area contributed by atoms with E-state index in [0.29, 0.717) is 6.04 Å². The lowest BCUT2D eigenvalue weighted by atomic mass is 10.1. The quantitative estimate of drug-likeness (QED) is 0.879. The molecule has 2 heterocycles. The maximum Gasteiger partial charge on any atom is 0.123 e. The first kappa shape index (κ1) is 16.4. The van der Waals surface area contributed by atoms with E-state index in [0.717, 1.165) is 41.5 Å². The number of ether oxygens (including phenoxy) is 1. The van der Waals surface area contributed by atoms with Gasteiger partial charge in [0.2, 0.25) is 0 Å². The van der Waals surface area contributed by atoms with Crippen LogP contribution in [0, 0.1) is 0 Å². The minimum atomic E-state index is -0.233. The number of hydrogen-bond acceptors (Lipinski definition) is 5. The van der Waals surface area contributed by atoms with Crippen LogP contribution >= 0.6 is 11.3 Å². The lowest BCUT2D eigenvalue weighted by molar-refractivity contribution is 0.130. The van der Waals surface area contributed by atoms with Crippen LogP contribution in [0.25, 0.3) is 10.6 Å². The molecule has 1 N–H and O–H groups in total. The predicted octanol–water partition coefficient (Wildman–Crippen LogP) is 3.55. The summed E-state index contributed by atoms with van der Waals surface area (Å²) in [6.45, 7) is 3.85. The highest BCUT2D eigenvalue weighted by molar-refractivity contribution is 7.13. The van der Waals surface area contributed by atoms with E-state index in [-0.39, 0.29) is 6.10 Å². The average Bonchev–Trinajstić information content (AvgIpc) is 3.17. The fourth-order valence-electron chi connectivity index (χ4n) is 3.24. The van der Waals surface area contributed by atoms with Crippen LogP contribution in [-0.2, 0) is 6.54 Å². The van der Waals surface area contributed by atoms with Gasteiger partial charge < -0.3 is 9.84 Å². The molecule has 1 aliphatic rings. The van der Waals surface area contributed by atoms with Gasteiger partial charge in [-0.15, -0.1) is 11.3 Å². The Kier molecular flexibility index (Phi) is 5.30. The Morgan fingerprint density at radius 2 is 2.35 bits per heavy atom. The third-order valence-electron chi connectivity index (χ3n) is 4.35. The van der Waals surface area contributed by atoms with Gasteiger partial charge in [0.15, 0.2) is 0 Å². The number of methoxy groups -OCH3 is 1. The Bertz CT molecular complexity index is 641. The van der Waals surface area contributed by atoms with Gasteiger partial charge in [-0.2, -0.15) is 0 Å². The molecule has 0 radical (unpaired) electrons. The maximum absolute atomic E-state index is 9.65. The van der Waals surface area contributed by atoms with Crippen LogP contribution in [0.15, 0.2) is 29.6 Å². The number of aromatic nitrogens is 1. The van der Waals surface area contributed by atoms with Crippen LogP contribution in [0.5, 0.6) is 5.75 Å². The smallest absolute Gasteiger partial charge is 0.123 e. The summed E-state index contributed by atoms with van der Waals surface area (Å²) in [6.07, 6.45) is 3.01. The molecule has 1 aliphatic heterocycles. The number of rotatable bonds is 6. The molecule has 2 atom stereocenters. The van der Waals surface area contributed by atoms with E-state index in [4.69, 9.17) is 9.72 Å². The van der Waals surface area contributed by atoms with Gasteiger partial charge in [0, 0.05) is 23.5 Å². The molecule has 0 bridgehead atoms. The highest BCUT2D eigenvalue weighted by atomic mass is 32.1. The summed E-state index contributed by atoms with van der Waals surface area (Å²) in [5, 5.41) is 12.8. The summed E-state index contributed by atoms with van der Waals surface area (Å²) in [5.74, 6) is 0.857. The monoisotopic (exact) mass is 332 g/mol. The van der Waals surface area contributed by atoms with E-state index in [9.17, 15) is 5.11 Å². The number of thiazole rings is 1. The van der Waals surface area contributed by atoms with Gasteiger partial charge >= 0.3 is 0 Å². The predicted molar refractivity (Wildman–Crippen MR) is 93.8 cm³/mol. The van der Waals surface area contributed by atoms with Crippen LogP contribution in [0.3, 0.4) is 0 Å². The fourth-order valence-corrected chi connectivity index (χ4v) is 4.05. The first-order chi connectivity index (χ1) is 11.2. The summed E-state index contributed by atoms with van der Waals surface area (Å²) in [4.78, 5) is 7.25. The van der Waals surface area contributed by atoms with Crippen LogP contribution in [0.1, 0.15) is 31.9 Å². The third kappa shape index (κ3) is 4.10. The first-order valence-electron chi connectivity index (χ1n) is 8.16. The first-order valence-corrected chi connectivity index (χ1v) is 9.04. The number of aliphatic hydroxyl groups is 1. The SMILES string of the molecule is COc1cccc(-c2nc(CN3CCCC3CC(C)O)cs2)c1. The molecule has 0 amide bonds. The van der Waals surface area contributed by atoms with Crippen LogP contribution < -0.4 is 4.74 Å². The molecule has 5 heteroatoms. The minimum Gasteiger partial charge on any atom is -0.497 e. The van der Waals surface area contributed by atoms with Crippen molar-refractivity contribution in [2.24, 2.45) is 0 Å². The van der Waals surface area contributed by atoms with Crippen molar-refractivity contribution < 1.29 is 9.84 Å². The lowest BCUT2D eigenvalue weighted by Gasteiger charge is -2.24. The van der Waals surface area contributed by atoms with E-state index in [1.165, 1.54) is 12.8 Å². The van der Waals surface area contributed by atoms with Gasteiger partial charge in [-0.05, 0) is 44.9 Å². The second kappa shape index (κ2) is 7.43. The van der Waals surface area contributed by atoms with Crippen molar-refractivity contribution in [3.05, 3.63) is 35.3 Å². The summed E-state index contributed by atoms with van der Waals surface area (Å²) >= 11 is 1.68. The van der Waals surface area contributed by atoms with E-state index in [2.05, 4.69) is 16.3 Å². The second-order valence-corrected chi connectivity index (χ2v) is 7.09. The van der Waals surface area contributed by atoms with E-state index in [1.807, 2.05) is 25.1 Å². The minimum absolute atomic E-state index is 0.233. The number of benzene rings is 1. The molecule has 23 heavy (non-hydrogen) atoms. The Balaban J connectivity index is 1.69. The molecular formula is C18H24N2O2S. The second-order valence-electron chi connectivity index (χ2n) is 6.23. The van der Waals surface area contributed by atoms with Crippen molar-refractivity contribution in [3.63, 3.8) is 0 Å². The zero-order valence-corrected chi connectivity index (χ0v) is 14.6. The number of likely N-dealkylation sites (tertiary alicyclic amines) is 1. The van der Waals surface area contributed by atoms with Crippen LogP contribution in [0.2, 0.25) is 0 Å². The van der Waals surface area contributed by atoms with E-state index < -0.39 is 0 Å². The van der Waals surface area contributed by atoms with Gasteiger partial charge in [0.05, 0.1) is 18.9 Å². The summed E-state index contributed by atoms with van der Waals surface area (Å²) in [5.41, 5.74) is 2.22. The van der Waals surface area contributed by atoms with Gasteiger partial charge in [-0.25, -0.2) is 4.98 Å².